The van der Waals surface area contributed by atoms with E-state index in [-0.39, 0.29) is 5.91 Å². The molecule has 1 aromatic heterocycles. The van der Waals surface area contributed by atoms with Gasteiger partial charge in [0, 0.05) is 5.56 Å². The molecule has 2 amide bonds. The number of nitrogens with one attached hydrogen (secondary N) is 2. The van der Waals surface area contributed by atoms with Crippen molar-refractivity contribution in [3.63, 3.8) is 0 Å². The van der Waals surface area contributed by atoms with E-state index < -0.39 is 17.4 Å². The highest BCUT2D eigenvalue weighted by Crippen LogP contribution is 2.23. The summed E-state index contributed by atoms with van der Waals surface area (Å²) in [6, 6.07) is 9.73. The maximum Gasteiger partial charge on any atom is 0.328 e. The number of amides is 2. The molecule has 25 heavy (non-hydrogen) atoms. The van der Waals surface area contributed by atoms with Crippen LogP contribution in [0.1, 0.15) is 33.9 Å². The predicted octanol–water partition coefficient (Wildman–Crippen LogP) is 2.60. The molecule has 1 heterocycles. The molecule has 0 bridgehead atoms. The second-order valence-corrected chi connectivity index (χ2v) is 6.81. The highest BCUT2D eigenvalue weighted by molar-refractivity contribution is 7.18. The third-order valence-electron chi connectivity index (χ3n) is 3.38. The second kappa shape index (κ2) is 7.35. The van der Waals surface area contributed by atoms with Gasteiger partial charge in [-0.05, 0) is 50.2 Å². The van der Waals surface area contributed by atoms with Gasteiger partial charge in [-0.3, -0.25) is 9.59 Å². The number of hydrogen-bond acceptors (Lipinski definition) is 5. The number of carbonyl (C=O) groups is 3. The number of carboxylic acid groups (broad SMARTS) is 1. The Labute approximate surface area is 148 Å². The monoisotopic (exact) mass is 362 g/mol. The Morgan fingerprint density at radius 2 is 1.68 bits per heavy atom. The van der Waals surface area contributed by atoms with E-state index in [1.165, 1.54) is 19.9 Å². The van der Waals surface area contributed by atoms with Crippen molar-refractivity contribution in [1.82, 2.24) is 5.32 Å². The van der Waals surface area contributed by atoms with Gasteiger partial charge in [0.2, 0.25) is 0 Å². The van der Waals surface area contributed by atoms with Gasteiger partial charge in [-0.15, -0.1) is 11.3 Å². The Kier molecular flexibility index (Phi) is 5.43. The number of aliphatic carboxylic acids is 1. The summed E-state index contributed by atoms with van der Waals surface area (Å²) in [5.74, 6) is -1.32. The van der Waals surface area contributed by atoms with Crippen LogP contribution in [0.5, 0.6) is 5.75 Å². The SMILES string of the molecule is COc1ccc(C(=O)Nc2ccc(C(=O)NC(C)(C)C(=O)O)s2)cc1. The van der Waals surface area contributed by atoms with E-state index in [2.05, 4.69) is 10.6 Å². The summed E-state index contributed by atoms with van der Waals surface area (Å²) in [6.45, 7) is 2.79. The normalized spacial score (nSPS) is 10.8. The summed E-state index contributed by atoms with van der Waals surface area (Å²) < 4.78 is 5.04. The van der Waals surface area contributed by atoms with Crippen molar-refractivity contribution in [1.29, 1.82) is 0 Å². The van der Waals surface area contributed by atoms with Crippen LogP contribution in [0.4, 0.5) is 5.00 Å². The van der Waals surface area contributed by atoms with Crippen LogP contribution in [-0.4, -0.2) is 35.5 Å². The van der Waals surface area contributed by atoms with Crippen LogP contribution >= 0.6 is 11.3 Å². The molecule has 0 aliphatic carbocycles. The molecule has 0 aliphatic rings. The van der Waals surface area contributed by atoms with Gasteiger partial charge in [0.25, 0.3) is 11.8 Å². The summed E-state index contributed by atoms with van der Waals surface area (Å²) in [6.07, 6.45) is 0. The van der Waals surface area contributed by atoms with Gasteiger partial charge < -0.3 is 20.5 Å². The number of ether oxygens (including phenoxy) is 1. The average molecular weight is 362 g/mol. The Morgan fingerprint density at radius 3 is 2.24 bits per heavy atom. The van der Waals surface area contributed by atoms with Gasteiger partial charge >= 0.3 is 5.97 Å². The highest BCUT2D eigenvalue weighted by atomic mass is 32.1. The molecule has 7 nitrogen and oxygen atoms in total. The van der Waals surface area contributed by atoms with E-state index in [0.29, 0.717) is 21.2 Å². The molecule has 3 N–H and O–H groups in total. The number of benzene rings is 1. The van der Waals surface area contributed by atoms with Crippen LogP contribution in [0.15, 0.2) is 36.4 Å². The van der Waals surface area contributed by atoms with Crippen molar-refractivity contribution in [3.8, 4) is 5.75 Å². The van der Waals surface area contributed by atoms with Gasteiger partial charge in [-0.1, -0.05) is 0 Å². The van der Waals surface area contributed by atoms with E-state index in [1.807, 2.05) is 0 Å². The zero-order valence-corrected chi connectivity index (χ0v) is 14.8. The Balaban J connectivity index is 2.04. The molecular formula is C17H18N2O5S. The van der Waals surface area contributed by atoms with Crippen molar-refractivity contribution >= 4 is 34.1 Å². The number of methoxy groups -OCH3 is 1. The number of carbonyl (C=O) groups excluding carboxylic acids is 2. The Bertz CT molecular complexity index is 796. The minimum Gasteiger partial charge on any atom is -0.497 e. The molecule has 0 saturated carbocycles. The molecule has 0 unspecified atom stereocenters. The standard InChI is InChI=1S/C17H18N2O5S/c1-17(2,16(22)23)19-15(21)12-8-9-13(25-12)18-14(20)10-4-6-11(24-3)7-5-10/h4-9H,1-3H3,(H,18,20)(H,19,21)(H,22,23). The van der Waals surface area contributed by atoms with E-state index >= 15 is 0 Å². The van der Waals surface area contributed by atoms with Gasteiger partial charge in [0.15, 0.2) is 0 Å². The first-order valence-electron chi connectivity index (χ1n) is 7.34. The van der Waals surface area contributed by atoms with E-state index in [0.717, 1.165) is 11.3 Å². The Morgan fingerprint density at radius 1 is 1.04 bits per heavy atom. The van der Waals surface area contributed by atoms with Gasteiger partial charge in [0.05, 0.1) is 17.0 Å². The third-order valence-corrected chi connectivity index (χ3v) is 4.38. The summed E-state index contributed by atoms with van der Waals surface area (Å²) in [4.78, 5) is 35.7. The molecular weight excluding hydrogens is 344 g/mol. The van der Waals surface area contributed by atoms with E-state index in [1.54, 1.807) is 37.4 Å². The van der Waals surface area contributed by atoms with Gasteiger partial charge in [-0.2, -0.15) is 0 Å². The lowest BCUT2D eigenvalue weighted by atomic mass is 10.1. The number of anilines is 1. The summed E-state index contributed by atoms with van der Waals surface area (Å²) in [5.41, 5.74) is -0.930. The molecule has 0 atom stereocenters. The van der Waals surface area contributed by atoms with Crippen LogP contribution in [-0.2, 0) is 4.79 Å². The lowest BCUT2D eigenvalue weighted by Gasteiger charge is -2.20. The maximum absolute atomic E-state index is 12.2. The lowest BCUT2D eigenvalue weighted by molar-refractivity contribution is -0.143. The number of carboxylic acids is 1. The quantitative estimate of drug-likeness (QED) is 0.733. The van der Waals surface area contributed by atoms with Crippen molar-refractivity contribution in [2.45, 2.75) is 19.4 Å². The van der Waals surface area contributed by atoms with Crippen molar-refractivity contribution in [2.75, 3.05) is 12.4 Å². The van der Waals surface area contributed by atoms with Crippen molar-refractivity contribution in [3.05, 3.63) is 46.8 Å². The average Bonchev–Trinajstić information content (AvgIpc) is 3.03. The largest absolute Gasteiger partial charge is 0.497 e. The maximum atomic E-state index is 12.2. The molecule has 2 rings (SSSR count). The van der Waals surface area contributed by atoms with E-state index in [4.69, 9.17) is 9.84 Å². The number of rotatable bonds is 6. The van der Waals surface area contributed by atoms with Crippen LogP contribution in [0, 0.1) is 0 Å². The van der Waals surface area contributed by atoms with Crippen LogP contribution in [0.25, 0.3) is 0 Å². The number of hydrogen-bond donors (Lipinski definition) is 3. The van der Waals surface area contributed by atoms with E-state index in [9.17, 15) is 14.4 Å². The molecule has 0 saturated heterocycles. The molecule has 8 heteroatoms. The highest BCUT2D eigenvalue weighted by Gasteiger charge is 2.29. The topological polar surface area (TPSA) is 105 Å². The van der Waals surface area contributed by atoms with Crippen molar-refractivity contribution in [2.24, 2.45) is 0 Å². The third kappa shape index (κ3) is 4.57. The smallest absolute Gasteiger partial charge is 0.328 e. The van der Waals surface area contributed by atoms with Crippen molar-refractivity contribution < 1.29 is 24.2 Å². The van der Waals surface area contributed by atoms with Crippen LogP contribution < -0.4 is 15.4 Å². The summed E-state index contributed by atoms with van der Waals surface area (Å²) >= 11 is 1.06. The predicted molar refractivity (Wildman–Crippen MR) is 94.4 cm³/mol. The first-order chi connectivity index (χ1) is 11.7. The molecule has 0 radical (unpaired) electrons. The minimum atomic E-state index is -1.38. The van der Waals surface area contributed by atoms with Gasteiger partial charge in [0.1, 0.15) is 11.3 Å². The number of thiophene rings is 1. The fraction of sp³-hybridized carbons (Fsp3) is 0.235. The molecule has 0 spiro atoms. The molecule has 0 aliphatic heterocycles. The zero-order valence-electron chi connectivity index (χ0n) is 14.0. The first-order valence-corrected chi connectivity index (χ1v) is 8.16. The Hall–Kier alpha value is -2.87. The van der Waals surface area contributed by atoms with Crippen LogP contribution in [0.3, 0.4) is 0 Å². The summed E-state index contributed by atoms with van der Waals surface area (Å²) in [5, 5.41) is 14.7. The molecule has 132 valence electrons. The van der Waals surface area contributed by atoms with Gasteiger partial charge in [-0.25, -0.2) is 4.79 Å². The lowest BCUT2D eigenvalue weighted by Crippen LogP contribution is -2.49. The minimum absolute atomic E-state index is 0.305. The zero-order chi connectivity index (χ0) is 18.6. The van der Waals surface area contributed by atoms with Crippen LogP contribution in [0.2, 0.25) is 0 Å². The first kappa shape index (κ1) is 18.5. The second-order valence-electron chi connectivity index (χ2n) is 5.73. The molecule has 2 aromatic rings. The fourth-order valence-corrected chi connectivity index (χ4v) is 2.65. The molecule has 0 fully saturated rings. The fourth-order valence-electron chi connectivity index (χ4n) is 1.85. The molecule has 1 aromatic carbocycles. The summed E-state index contributed by atoms with van der Waals surface area (Å²) in [7, 11) is 1.54.